The molecule has 0 aliphatic carbocycles. The molecule has 0 unspecified atom stereocenters. The van der Waals surface area contributed by atoms with Crippen molar-refractivity contribution in [3.05, 3.63) is 39.8 Å². The van der Waals surface area contributed by atoms with Crippen LogP contribution in [0.1, 0.15) is 0 Å². The molecule has 0 bridgehead atoms. The highest BCUT2D eigenvalue weighted by Crippen LogP contribution is 2.33. The first kappa shape index (κ1) is 9.00. The first-order chi connectivity index (χ1) is 6.29. The number of hydrogen-bond acceptors (Lipinski definition) is 2. The van der Waals surface area contributed by atoms with E-state index in [4.69, 9.17) is 23.2 Å². The number of nitrogens with zero attached hydrogens (tertiary/aromatic N) is 1. The highest BCUT2D eigenvalue weighted by Gasteiger charge is 2.07. The summed E-state index contributed by atoms with van der Waals surface area (Å²) < 4.78 is 0. The average molecular weight is 229 g/mol. The minimum Gasteiger partial charge on any atom is -0.244 e. The minimum absolute atomic E-state index is 0.549. The fourth-order valence-corrected chi connectivity index (χ4v) is 2.04. The Morgan fingerprint density at radius 2 is 2.15 bits per heavy atom. The van der Waals surface area contributed by atoms with E-state index in [2.05, 4.69) is 10.4 Å². The van der Waals surface area contributed by atoms with Crippen LogP contribution in [0.3, 0.4) is 0 Å². The largest absolute Gasteiger partial charge is 0.244 e. The van der Waals surface area contributed by atoms with Crippen molar-refractivity contribution >= 4 is 34.5 Å². The first-order valence-corrected chi connectivity index (χ1v) is 5.12. The molecule has 65 valence electrons. The molecule has 13 heavy (non-hydrogen) atoms. The molecule has 0 aliphatic rings. The molecule has 0 amide bonds. The molecule has 0 atom stereocenters. The first-order valence-electron chi connectivity index (χ1n) is 3.55. The molecular formula is C9H4Cl2NS. The number of rotatable bonds is 1. The summed E-state index contributed by atoms with van der Waals surface area (Å²) in [5.74, 6) is 0. The molecular weight excluding hydrogens is 225 g/mol. The second kappa shape index (κ2) is 3.66. The predicted octanol–water partition coefficient (Wildman–Crippen LogP) is 3.92. The van der Waals surface area contributed by atoms with Gasteiger partial charge in [-0.2, -0.15) is 0 Å². The molecule has 2 aromatic rings. The highest BCUT2D eigenvalue weighted by atomic mass is 35.5. The minimum atomic E-state index is 0.549. The smallest absolute Gasteiger partial charge is 0.125 e. The molecule has 0 saturated carbocycles. The fourth-order valence-electron chi connectivity index (χ4n) is 0.987. The van der Waals surface area contributed by atoms with Gasteiger partial charge in [0.05, 0.1) is 15.4 Å². The summed E-state index contributed by atoms with van der Waals surface area (Å²) in [5, 5.41) is 4.84. The van der Waals surface area contributed by atoms with Crippen molar-refractivity contribution in [2.75, 3.05) is 0 Å². The van der Waals surface area contributed by atoms with E-state index < -0.39 is 0 Å². The van der Waals surface area contributed by atoms with E-state index in [1.165, 1.54) is 11.3 Å². The molecule has 0 fully saturated rings. The number of benzene rings is 1. The van der Waals surface area contributed by atoms with Crippen LogP contribution in [0, 0.1) is 5.38 Å². The lowest BCUT2D eigenvalue weighted by Crippen LogP contribution is -1.77. The Balaban J connectivity index is 2.59. The van der Waals surface area contributed by atoms with Crippen LogP contribution < -0.4 is 0 Å². The van der Waals surface area contributed by atoms with Crippen molar-refractivity contribution in [1.29, 1.82) is 0 Å². The Hall–Kier alpha value is -0.570. The van der Waals surface area contributed by atoms with E-state index in [1.54, 1.807) is 12.3 Å². The van der Waals surface area contributed by atoms with Gasteiger partial charge < -0.3 is 0 Å². The Bertz CT molecular complexity index is 412. The molecule has 1 radical (unpaired) electrons. The maximum atomic E-state index is 6.01. The van der Waals surface area contributed by atoms with Crippen LogP contribution in [0.25, 0.3) is 10.6 Å². The topological polar surface area (TPSA) is 12.9 Å². The number of halogens is 2. The van der Waals surface area contributed by atoms with Crippen molar-refractivity contribution in [3.63, 3.8) is 0 Å². The predicted molar refractivity (Wildman–Crippen MR) is 56.4 cm³/mol. The third-order valence-electron chi connectivity index (χ3n) is 1.57. The molecule has 0 N–H and O–H groups in total. The normalized spacial score (nSPS) is 10.3. The lowest BCUT2D eigenvalue weighted by atomic mass is 10.2. The van der Waals surface area contributed by atoms with Crippen LogP contribution in [0.5, 0.6) is 0 Å². The van der Waals surface area contributed by atoms with E-state index in [0.717, 1.165) is 10.6 Å². The van der Waals surface area contributed by atoms with Crippen molar-refractivity contribution in [2.24, 2.45) is 0 Å². The summed E-state index contributed by atoms with van der Waals surface area (Å²) >= 11 is 13.3. The van der Waals surface area contributed by atoms with Gasteiger partial charge in [0.2, 0.25) is 0 Å². The van der Waals surface area contributed by atoms with Gasteiger partial charge >= 0.3 is 0 Å². The Morgan fingerprint density at radius 1 is 1.31 bits per heavy atom. The van der Waals surface area contributed by atoms with Gasteiger partial charge in [-0.15, -0.1) is 11.3 Å². The van der Waals surface area contributed by atoms with Gasteiger partial charge in [0, 0.05) is 11.8 Å². The van der Waals surface area contributed by atoms with Crippen LogP contribution in [-0.4, -0.2) is 4.98 Å². The number of hydrogen-bond donors (Lipinski definition) is 0. The Morgan fingerprint density at radius 3 is 2.85 bits per heavy atom. The number of thiazole rings is 1. The lowest BCUT2D eigenvalue weighted by molar-refractivity contribution is 1.41. The second-order valence-corrected chi connectivity index (χ2v) is 4.00. The Labute approximate surface area is 90.0 Å². The third-order valence-corrected chi connectivity index (χ3v) is 3.13. The molecule has 1 heterocycles. The van der Waals surface area contributed by atoms with Crippen molar-refractivity contribution < 1.29 is 0 Å². The van der Waals surface area contributed by atoms with Crippen molar-refractivity contribution in [1.82, 2.24) is 4.98 Å². The molecule has 1 aromatic carbocycles. The summed E-state index contributed by atoms with van der Waals surface area (Å²) in [6.07, 6.45) is 1.62. The van der Waals surface area contributed by atoms with Crippen LogP contribution in [0.4, 0.5) is 0 Å². The lowest BCUT2D eigenvalue weighted by Gasteiger charge is -2.00. The zero-order valence-electron chi connectivity index (χ0n) is 6.42. The summed E-state index contributed by atoms with van der Waals surface area (Å²) in [4.78, 5) is 4.11. The van der Waals surface area contributed by atoms with Gasteiger partial charge in [0.25, 0.3) is 0 Å². The molecule has 0 saturated heterocycles. The SMILES string of the molecule is Clc1cccc(-c2nc[c]s2)c1Cl. The second-order valence-electron chi connectivity index (χ2n) is 2.38. The van der Waals surface area contributed by atoms with Crippen LogP contribution in [0.2, 0.25) is 10.0 Å². The van der Waals surface area contributed by atoms with Gasteiger partial charge in [-0.3, -0.25) is 0 Å². The summed E-state index contributed by atoms with van der Waals surface area (Å²) in [6, 6.07) is 5.50. The quantitative estimate of drug-likeness (QED) is 0.722. The molecule has 2 rings (SSSR count). The molecule has 4 heteroatoms. The maximum Gasteiger partial charge on any atom is 0.125 e. The summed E-state index contributed by atoms with van der Waals surface area (Å²) in [6.45, 7) is 0. The monoisotopic (exact) mass is 228 g/mol. The average Bonchev–Trinajstić information content (AvgIpc) is 2.62. The van der Waals surface area contributed by atoms with Gasteiger partial charge in [0.15, 0.2) is 0 Å². The van der Waals surface area contributed by atoms with Gasteiger partial charge in [-0.05, 0) is 6.07 Å². The third kappa shape index (κ3) is 1.70. The summed E-state index contributed by atoms with van der Waals surface area (Å²) in [5.41, 5.74) is 0.861. The van der Waals surface area contributed by atoms with Gasteiger partial charge in [-0.1, -0.05) is 35.3 Å². The van der Waals surface area contributed by atoms with Gasteiger partial charge in [-0.25, -0.2) is 4.98 Å². The fraction of sp³-hybridized carbons (Fsp3) is 0. The summed E-state index contributed by atoms with van der Waals surface area (Å²) in [7, 11) is 0. The van der Waals surface area contributed by atoms with Crippen molar-refractivity contribution in [2.45, 2.75) is 0 Å². The van der Waals surface area contributed by atoms with E-state index in [-0.39, 0.29) is 0 Å². The zero-order valence-corrected chi connectivity index (χ0v) is 8.75. The van der Waals surface area contributed by atoms with Crippen molar-refractivity contribution in [3.8, 4) is 10.6 Å². The number of aromatic nitrogens is 1. The molecule has 0 spiro atoms. The van der Waals surface area contributed by atoms with Crippen LogP contribution in [0.15, 0.2) is 24.4 Å². The Kier molecular flexibility index (Phi) is 2.54. The van der Waals surface area contributed by atoms with E-state index in [0.29, 0.717) is 10.0 Å². The molecule has 0 aliphatic heterocycles. The molecule has 1 nitrogen and oxygen atoms in total. The van der Waals surface area contributed by atoms with Gasteiger partial charge in [0.1, 0.15) is 5.01 Å². The van der Waals surface area contributed by atoms with E-state index >= 15 is 0 Å². The standard InChI is InChI=1S/C9H4Cl2NS/c10-7-3-1-2-6(8(7)11)9-12-4-5-13-9/h1-4H. The maximum absolute atomic E-state index is 6.01. The van der Waals surface area contributed by atoms with Crippen LogP contribution >= 0.6 is 34.5 Å². The van der Waals surface area contributed by atoms with E-state index in [1.807, 2.05) is 12.1 Å². The van der Waals surface area contributed by atoms with E-state index in [9.17, 15) is 0 Å². The van der Waals surface area contributed by atoms with Crippen LogP contribution in [-0.2, 0) is 0 Å². The molecule has 1 aromatic heterocycles. The zero-order chi connectivity index (χ0) is 9.26. The highest BCUT2D eigenvalue weighted by molar-refractivity contribution is 7.12.